The van der Waals surface area contributed by atoms with Crippen LogP contribution in [0.2, 0.25) is 0 Å². The van der Waals surface area contributed by atoms with Crippen molar-refractivity contribution in [1.82, 2.24) is 10.3 Å². The zero-order valence-electron chi connectivity index (χ0n) is 13.6. The van der Waals surface area contributed by atoms with Crippen molar-refractivity contribution in [3.8, 4) is 5.88 Å². The van der Waals surface area contributed by atoms with E-state index < -0.39 is 0 Å². The highest BCUT2D eigenvalue weighted by molar-refractivity contribution is 5.36. The molecule has 0 aromatic carbocycles. The van der Waals surface area contributed by atoms with E-state index in [2.05, 4.69) is 44.1 Å². The highest BCUT2D eigenvalue weighted by Gasteiger charge is 2.19. The fourth-order valence-corrected chi connectivity index (χ4v) is 1.77. The second-order valence-corrected chi connectivity index (χ2v) is 7.18. The van der Waals surface area contributed by atoms with E-state index in [9.17, 15) is 0 Å². The van der Waals surface area contributed by atoms with Crippen LogP contribution in [0.1, 0.15) is 58.4 Å². The summed E-state index contributed by atoms with van der Waals surface area (Å²) in [5, 5.41) is 3.50. The molecule has 0 amide bonds. The van der Waals surface area contributed by atoms with E-state index in [4.69, 9.17) is 4.74 Å². The molecule has 0 radical (unpaired) electrons. The number of rotatable bonds is 3. The Kier molecular flexibility index (Phi) is 4.62. The van der Waals surface area contributed by atoms with E-state index >= 15 is 0 Å². The molecule has 3 heteroatoms. The van der Waals surface area contributed by atoms with Crippen molar-refractivity contribution in [3.63, 3.8) is 0 Å². The van der Waals surface area contributed by atoms with Gasteiger partial charge in [0.15, 0.2) is 0 Å². The van der Waals surface area contributed by atoms with Gasteiger partial charge in [-0.3, -0.25) is 0 Å². The molecule has 1 aromatic rings. The first-order valence-corrected chi connectivity index (χ1v) is 6.89. The van der Waals surface area contributed by atoms with Gasteiger partial charge in [0.2, 0.25) is 5.88 Å². The van der Waals surface area contributed by atoms with Crippen LogP contribution in [0, 0.1) is 13.8 Å². The number of pyridine rings is 1. The Morgan fingerprint density at radius 3 is 2.16 bits per heavy atom. The lowest BCUT2D eigenvalue weighted by Gasteiger charge is -2.26. The summed E-state index contributed by atoms with van der Waals surface area (Å²) < 4.78 is 6.01. The molecule has 3 nitrogen and oxygen atoms in total. The molecule has 1 aromatic heterocycles. The molecule has 1 N–H and O–H groups in total. The van der Waals surface area contributed by atoms with Gasteiger partial charge in [-0.05, 0) is 67.0 Å². The minimum Gasteiger partial charge on any atom is -0.472 e. The largest absolute Gasteiger partial charge is 0.472 e. The molecule has 0 aliphatic carbocycles. The first-order valence-electron chi connectivity index (χ1n) is 6.89. The Bertz CT molecular complexity index is 439. The third-order valence-corrected chi connectivity index (χ3v) is 2.64. The van der Waals surface area contributed by atoms with Gasteiger partial charge in [-0.25, -0.2) is 4.98 Å². The van der Waals surface area contributed by atoms with Crippen molar-refractivity contribution in [2.24, 2.45) is 0 Å². The van der Waals surface area contributed by atoms with E-state index in [-0.39, 0.29) is 11.1 Å². The van der Waals surface area contributed by atoms with Gasteiger partial charge in [0, 0.05) is 23.3 Å². The van der Waals surface area contributed by atoms with Crippen LogP contribution in [0.15, 0.2) is 6.07 Å². The Hall–Kier alpha value is -1.09. The van der Waals surface area contributed by atoms with Gasteiger partial charge in [0.05, 0.1) is 0 Å². The van der Waals surface area contributed by atoms with Crippen LogP contribution in [0.25, 0.3) is 0 Å². The monoisotopic (exact) mass is 264 g/mol. The summed E-state index contributed by atoms with van der Waals surface area (Å²) in [4.78, 5) is 4.56. The Morgan fingerprint density at radius 1 is 1.11 bits per heavy atom. The van der Waals surface area contributed by atoms with Crippen molar-refractivity contribution in [2.45, 2.75) is 73.1 Å². The molecule has 0 saturated carbocycles. The number of ether oxygens (including phenoxy) is 1. The van der Waals surface area contributed by atoms with Crippen LogP contribution in [-0.2, 0) is 6.54 Å². The minimum absolute atomic E-state index is 0.0797. The lowest BCUT2D eigenvalue weighted by molar-refractivity contribution is 0.121. The molecule has 1 heterocycles. The lowest BCUT2D eigenvalue weighted by Crippen LogP contribution is -2.35. The highest BCUT2D eigenvalue weighted by atomic mass is 16.5. The van der Waals surface area contributed by atoms with Crippen LogP contribution in [-0.4, -0.2) is 16.1 Å². The summed E-state index contributed by atoms with van der Waals surface area (Å²) in [5.74, 6) is 0.752. The molecular formula is C16H28N2O. The van der Waals surface area contributed by atoms with Gasteiger partial charge < -0.3 is 10.1 Å². The van der Waals surface area contributed by atoms with E-state index in [1.807, 2.05) is 27.7 Å². The molecule has 0 atom stereocenters. The smallest absolute Gasteiger partial charge is 0.218 e. The maximum Gasteiger partial charge on any atom is 0.218 e. The fourth-order valence-electron chi connectivity index (χ4n) is 1.77. The predicted molar refractivity (Wildman–Crippen MR) is 80.7 cm³/mol. The Balaban J connectivity index is 3.06. The van der Waals surface area contributed by atoms with Crippen molar-refractivity contribution < 1.29 is 4.74 Å². The molecule has 19 heavy (non-hydrogen) atoms. The van der Waals surface area contributed by atoms with Crippen molar-refractivity contribution in [1.29, 1.82) is 0 Å². The van der Waals surface area contributed by atoms with Crippen LogP contribution in [0.4, 0.5) is 0 Å². The Morgan fingerprint density at radius 2 is 1.68 bits per heavy atom. The number of hydrogen-bond donors (Lipinski definition) is 1. The van der Waals surface area contributed by atoms with E-state index in [0.29, 0.717) is 0 Å². The topological polar surface area (TPSA) is 34.1 Å². The van der Waals surface area contributed by atoms with Gasteiger partial charge in [0.1, 0.15) is 5.60 Å². The molecule has 0 bridgehead atoms. The summed E-state index contributed by atoms with van der Waals surface area (Å²) in [6, 6.07) is 2.11. The van der Waals surface area contributed by atoms with Crippen molar-refractivity contribution in [2.75, 3.05) is 0 Å². The maximum absolute atomic E-state index is 6.01. The SMILES string of the molecule is Cc1cc(C)c(CNC(C)(C)C)c(OC(C)(C)C)n1. The summed E-state index contributed by atoms with van der Waals surface area (Å²) in [6.45, 7) is 17.5. The lowest BCUT2D eigenvalue weighted by atomic mass is 10.1. The highest BCUT2D eigenvalue weighted by Crippen LogP contribution is 2.25. The summed E-state index contributed by atoms with van der Waals surface area (Å²) >= 11 is 0. The number of nitrogens with zero attached hydrogens (tertiary/aromatic N) is 1. The average molecular weight is 264 g/mol. The first-order chi connectivity index (χ1) is 8.48. The summed E-state index contributed by atoms with van der Waals surface area (Å²) in [5.41, 5.74) is 3.22. The zero-order chi connectivity index (χ0) is 14.8. The molecule has 0 unspecified atom stereocenters. The predicted octanol–water partition coefficient (Wildman–Crippen LogP) is 3.76. The standard InChI is InChI=1S/C16H28N2O/c1-11-9-12(2)18-14(19-16(6,7)8)13(11)10-17-15(3,4)5/h9,17H,10H2,1-8H3. The number of hydrogen-bond acceptors (Lipinski definition) is 3. The summed E-state index contributed by atoms with van der Waals surface area (Å²) in [7, 11) is 0. The van der Waals surface area contributed by atoms with Crippen LogP contribution < -0.4 is 10.1 Å². The fraction of sp³-hybridized carbons (Fsp3) is 0.688. The Labute approximate surface area is 117 Å². The van der Waals surface area contributed by atoms with Gasteiger partial charge in [0.25, 0.3) is 0 Å². The third-order valence-electron chi connectivity index (χ3n) is 2.64. The van der Waals surface area contributed by atoms with Gasteiger partial charge in [-0.1, -0.05) is 0 Å². The van der Waals surface area contributed by atoms with Gasteiger partial charge in [-0.2, -0.15) is 0 Å². The van der Waals surface area contributed by atoms with E-state index in [1.54, 1.807) is 0 Å². The minimum atomic E-state index is -0.232. The van der Waals surface area contributed by atoms with E-state index in [1.165, 1.54) is 5.56 Å². The quantitative estimate of drug-likeness (QED) is 0.902. The number of nitrogens with one attached hydrogen (secondary N) is 1. The van der Waals surface area contributed by atoms with Crippen molar-refractivity contribution in [3.05, 3.63) is 22.9 Å². The summed E-state index contributed by atoms with van der Waals surface area (Å²) in [6.07, 6.45) is 0. The van der Waals surface area contributed by atoms with Crippen LogP contribution >= 0.6 is 0 Å². The molecule has 108 valence electrons. The number of aryl methyl sites for hydroxylation is 2. The zero-order valence-corrected chi connectivity index (χ0v) is 13.6. The second kappa shape index (κ2) is 5.49. The molecule has 0 aliphatic heterocycles. The second-order valence-electron chi connectivity index (χ2n) is 7.18. The molecule has 0 saturated heterocycles. The molecule has 0 spiro atoms. The van der Waals surface area contributed by atoms with Crippen LogP contribution in [0.5, 0.6) is 5.88 Å². The molecular weight excluding hydrogens is 236 g/mol. The third kappa shape index (κ3) is 5.60. The first kappa shape index (κ1) is 16.0. The number of aromatic nitrogens is 1. The van der Waals surface area contributed by atoms with Gasteiger partial charge >= 0.3 is 0 Å². The van der Waals surface area contributed by atoms with Crippen molar-refractivity contribution >= 4 is 0 Å². The van der Waals surface area contributed by atoms with Crippen LogP contribution in [0.3, 0.4) is 0 Å². The molecule has 1 rings (SSSR count). The maximum atomic E-state index is 6.01. The van der Waals surface area contributed by atoms with Gasteiger partial charge in [-0.15, -0.1) is 0 Å². The average Bonchev–Trinajstić information content (AvgIpc) is 2.10. The van der Waals surface area contributed by atoms with E-state index in [0.717, 1.165) is 23.7 Å². The molecule has 0 aliphatic rings. The normalized spacial score (nSPS) is 12.6. The molecule has 0 fully saturated rings.